The third-order valence-corrected chi connectivity index (χ3v) is 4.41. The minimum Gasteiger partial charge on any atom is -0.348 e. The normalized spacial score (nSPS) is 10.6. The first kappa shape index (κ1) is 20.3. The number of rotatable bonds is 8. The highest BCUT2D eigenvalue weighted by molar-refractivity contribution is 5.97. The van der Waals surface area contributed by atoms with E-state index in [1.807, 2.05) is 72.6 Å². The van der Waals surface area contributed by atoms with E-state index in [4.69, 9.17) is 0 Å². The standard InChI is InChI=1S/C24H25N3O2/c1-27(17-20-11-6-3-7-12-20)18-23(28)26-22-14-8-13-21(15-22)24(29)25-16-19-9-4-2-5-10-19/h2-15H,16-18H2,1H3,(H,25,29)(H,26,28). The number of carbonyl (C=O) groups excluding carboxylic acids is 2. The van der Waals surface area contributed by atoms with Crippen LogP contribution in [0.15, 0.2) is 84.9 Å². The lowest BCUT2D eigenvalue weighted by Gasteiger charge is -2.16. The molecule has 0 fully saturated rings. The van der Waals surface area contributed by atoms with Gasteiger partial charge >= 0.3 is 0 Å². The summed E-state index contributed by atoms with van der Waals surface area (Å²) in [6.45, 7) is 1.41. The van der Waals surface area contributed by atoms with E-state index in [0.29, 0.717) is 24.3 Å². The summed E-state index contributed by atoms with van der Waals surface area (Å²) in [5.74, 6) is -0.295. The fraction of sp³-hybridized carbons (Fsp3) is 0.167. The summed E-state index contributed by atoms with van der Waals surface area (Å²) in [5, 5.41) is 5.76. The summed E-state index contributed by atoms with van der Waals surface area (Å²) < 4.78 is 0. The van der Waals surface area contributed by atoms with Crippen LogP contribution in [-0.2, 0) is 17.9 Å². The van der Waals surface area contributed by atoms with Gasteiger partial charge in [-0.25, -0.2) is 0 Å². The summed E-state index contributed by atoms with van der Waals surface area (Å²) in [4.78, 5) is 26.7. The van der Waals surface area contributed by atoms with Crippen LogP contribution in [0.4, 0.5) is 5.69 Å². The van der Waals surface area contributed by atoms with Gasteiger partial charge in [0.15, 0.2) is 0 Å². The summed E-state index contributed by atoms with van der Waals surface area (Å²) in [6, 6.07) is 26.7. The molecule has 0 radical (unpaired) electrons. The Labute approximate surface area is 171 Å². The van der Waals surface area contributed by atoms with Crippen LogP contribution >= 0.6 is 0 Å². The van der Waals surface area contributed by atoms with Gasteiger partial charge in [0.2, 0.25) is 5.91 Å². The van der Waals surface area contributed by atoms with E-state index in [1.165, 1.54) is 0 Å². The van der Waals surface area contributed by atoms with Crippen LogP contribution < -0.4 is 10.6 Å². The van der Waals surface area contributed by atoms with Crippen LogP contribution in [0.1, 0.15) is 21.5 Å². The molecule has 0 spiro atoms. The second-order valence-corrected chi connectivity index (χ2v) is 6.96. The van der Waals surface area contributed by atoms with E-state index >= 15 is 0 Å². The summed E-state index contributed by atoms with van der Waals surface area (Å²) in [6.07, 6.45) is 0. The molecule has 0 bridgehead atoms. The van der Waals surface area contributed by atoms with Crippen LogP contribution in [0.2, 0.25) is 0 Å². The van der Waals surface area contributed by atoms with Gasteiger partial charge in [0, 0.05) is 24.3 Å². The van der Waals surface area contributed by atoms with Crippen LogP contribution in [0, 0.1) is 0 Å². The fourth-order valence-electron chi connectivity index (χ4n) is 3.02. The van der Waals surface area contributed by atoms with Crippen molar-refractivity contribution in [1.29, 1.82) is 0 Å². The molecule has 5 heteroatoms. The van der Waals surface area contributed by atoms with Gasteiger partial charge < -0.3 is 10.6 Å². The van der Waals surface area contributed by atoms with Gasteiger partial charge in [0.1, 0.15) is 0 Å². The molecule has 29 heavy (non-hydrogen) atoms. The van der Waals surface area contributed by atoms with Crippen molar-refractivity contribution in [3.05, 3.63) is 102 Å². The van der Waals surface area contributed by atoms with Crippen LogP contribution in [0.3, 0.4) is 0 Å². The highest BCUT2D eigenvalue weighted by atomic mass is 16.2. The largest absolute Gasteiger partial charge is 0.348 e. The Morgan fingerprint density at radius 1 is 0.828 bits per heavy atom. The molecule has 5 nitrogen and oxygen atoms in total. The third kappa shape index (κ3) is 6.59. The van der Waals surface area contributed by atoms with Crippen molar-refractivity contribution in [3.8, 4) is 0 Å². The highest BCUT2D eigenvalue weighted by Gasteiger charge is 2.10. The van der Waals surface area contributed by atoms with Crippen LogP contribution in [0.5, 0.6) is 0 Å². The number of benzene rings is 3. The van der Waals surface area contributed by atoms with E-state index < -0.39 is 0 Å². The number of likely N-dealkylation sites (N-methyl/N-ethyl adjacent to an activating group) is 1. The lowest BCUT2D eigenvalue weighted by atomic mass is 10.1. The molecule has 3 aromatic carbocycles. The Balaban J connectivity index is 1.52. The number of amides is 2. The Hall–Kier alpha value is -3.44. The number of anilines is 1. The molecule has 2 N–H and O–H groups in total. The molecular weight excluding hydrogens is 362 g/mol. The van der Waals surface area contributed by atoms with E-state index in [1.54, 1.807) is 24.3 Å². The number of nitrogens with one attached hydrogen (secondary N) is 2. The Bertz CT molecular complexity index is 943. The molecule has 2 amide bonds. The van der Waals surface area contributed by atoms with Gasteiger partial charge in [-0.15, -0.1) is 0 Å². The van der Waals surface area contributed by atoms with Crippen molar-refractivity contribution in [3.63, 3.8) is 0 Å². The van der Waals surface area contributed by atoms with Gasteiger partial charge in [-0.3, -0.25) is 14.5 Å². The zero-order valence-electron chi connectivity index (χ0n) is 16.5. The van der Waals surface area contributed by atoms with Crippen molar-refractivity contribution < 1.29 is 9.59 Å². The second-order valence-electron chi connectivity index (χ2n) is 6.96. The molecule has 3 aromatic rings. The SMILES string of the molecule is CN(CC(=O)Nc1cccc(C(=O)NCc2ccccc2)c1)Cc1ccccc1. The molecular formula is C24H25N3O2. The van der Waals surface area contributed by atoms with Crippen molar-refractivity contribution in [2.75, 3.05) is 18.9 Å². The first-order valence-corrected chi connectivity index (χ1v) is 9.54. The molecule has 0 heterocycles. The highest BCUT2D eigenvalue weighted by Crippen LogP contribution is 2.11. The van der Waals surface area contributed by atoms with Crippen molar-refractivity contribution in [2.45, 2.75) is 13.1 Å². The molecule has 0 aliphatic carbocycles. The average molecular weight is 387 g/mol. The molecule has 0 aromatic heterocycles. The predicted molar refractivity (Wildman–Crippen MR) is 115 cm³/mol. The maximum atomic E-state index is 12.4. The van der Waals surface area contributed by atoms with E-state index in [0.717, 1.165) is 11.1 Å². The average Bonchev–Trinajstić information content (AvgIpc) is 2.73. The third-order valence-electron chi connectivity index (χ3n) is 4.41. The lowest BCUT2D eigenvalue weighted by Crippen LogP contribution is -2.30. The minimum absolute atomic E-state index is 0.120. The van der Waals surface area contributed by atoms with Crippen molar-refractivity contribution in [1.82, 2.24) is 10.2 Å². The van der Waals surface area contributed by atoms with E-state index in [2.05, 4.69) is 10.6 Å². The topological polar surface area (TPSA) is 61.4 Å². The molecule has 3 rings (SSSR count). The van der Waals surface area contributed by atoms with Gasteiger partial charge in [-0.2, -0.15) is 0 Å². The summed E-state index contributed by atoms with van der Waals surface area (Å²) in [5.41, 5.74) is 3.30. The smallest absolute Gasteiger partial charge is 0.251 e. The summed E-state index contributed by atoms with van der Waals surface area (Å²) >= 11 is 0. The monoisotopic (exact) mass is 387 g/mol. The first-order valence-electron chi connectivity index (χ1n) is 9.54. The van der Waals surface area contributed by atoms with Gasteiger partial charge in [0.05, 0.1) is 6.54 Å². The predicted octanol–water partition coefficient (Wildman–Crippen LogP) is 3.69. The van der Waals surface area contributed by atoms with E-state index in [9.17, 15) is 9.59 Å². The molecule has 0 aliphatic rings. The van der Waals surface area contributed by atoms with Gasteiger partial charge in [0.25, 0.3) is 5.91 Å². The summed E-state index contributed by atoms with van der Waals surface area (Å²) in [7, 11) is 1.90. The zero-order valence-corrected chi connectivity index (χ0v) is 16.5. The Morgan fingerprint density at radius 3 is 2.17 bits per heavy atom. The number of hydrogen-bond acceptors (Lipinski definition) is 3. The second kappa shape index (κ2) is 10.2. The van der Waals surface area contributed by atoms with Crippen molar-refractivity contribution >= 4 is 17.5 Å². The fourth-order valence-corrected chi connectivity index (χ4v) is 3.02. The minimum atomic E-state index is -0.175. The van der Waals surface area contributed by atoms with Crippen LogP contribution in [0.25, 0.3) is 0 Å². The maximum Gasteiger partial charge on any atom is 0.251 e. The quantitative estimate of drug-likeness (QED) is 0.620. The molecule has 0 unspecified atom stereocenters. The Kier molecular flexibility index (Phi) is 7.14. The first-order chi connectivity index (χ1) is 14.1. The molecule has 0 aliphatic heterocycles. The number of carbonyl (C=O) groups is 2. The van der Waals surface area contributed by atoms with Crippen LogP contribution in [-0.4, -0.2) is 30.3 Å². The lowest BCUT2D eigenvalue weighted by molar-refractivity contribution is -0.117. The van der Waals surface area contributed by atoms with Crippen molar-refractivity contribution in [2.24, 2.45) is 0 Å². The number of hydrogen-bond donors (Lipinski definition) is 2. The van der Waals surface area contributed by atoms with E-state index in [-0.39, 0.29) is 18.4 Å². The molecule has 0 saturated heterocycles. The Morgan fingerprint density at radius 2 is 1.48 bits per heavy atom. The number of nitrogens with zero attached hydrogens (tertiary/aromatic N) is 1. The zero-order chi connectivity index (χ0) is 20.5. The molecule has 0 atom stereocenters. The molecule has 148 valence electrons. The van der Waals surface area contributed by atoms with Gasteiger partial charge in [-0.1, -0.05) is 66.7 Å². The maximum absolute atomic E-state index is 12.4. The molecule has 0 saturated carbocycles. The van der Waals surface area contributed by atoms with Gasteiger partial charge in [-0.05, 0) is 36.4 Å².